The van der Waals surface area contributed by atoms with Crippen LogP contribution in [0, 0.1) is 12.7 Å². The van der Waals surface area contributed by atoms with Gasteiger partial charge in [0.25, 0.3) is 0 Å². The standard InChI is InChI=1S/C21H14ClFO4/c1-12-18(26-11-15-16(22)5-2-6-17(15)23)8-7-14-20(24)19(27-21(12)14)10-13-4-3-9-25-13/h2-10H,11H2,1H3/b19-10-. The second-order valence-electron chi connectivity index (χ2n) is 6.01. The van der Waals surface area contributed by atoms with Crippen molar-refractivity contribution in [3.63, 3.8) is 0 Å². The third-order valence-electron chi connectivity index (χ3n) is 4.29. The summed E-state index contributed by atoms with van der Waals surface area (Å²) in [5.41, 5.74) is 1.37. The van der Waals surface area contributed by atoms with Crippen LogP contribution in [0.1, 0.15) is 27.2 Å². The van der Waals surface area contributed by atoms with Gasteiger partial charge in [-0.2, -0.15) is 0 Å². The molecule has 27 heavy (non-hydrogen) atoms. The van der Waals surface area contributed by atoms with Crippen LogP contribution in [0.5, 0.6) is 11.5 Å². The lowest BCUT2D eigenvalue weighted by molar-refractivity contribution is 0.101. The van der Waals surface area contributed by atoms with Gasteiger partial charge in [-0.25, -0.2) is 4.39 Å². The van der Waals surface area contributed by atoms with Crippen molar-refractivity contribution < 1.29 is 23.1 Å². The molecule has 0 bridgehead atoms. The Morgan fingerprint density at radius 3 is 2.78 bits per heavy atom. The minimum atomic E-state index is -0.434. The van der Waals surface area contributed by atoms with Gasteiger partial charge in [0.15, 0.2) is 5.76 Å². The van der Waals surface area contributed by atoms with Crippen molar-refractivity contribution in [3.05, 3.63) is 87.8 Å². The first kappa shape index (κ1) is 17.4. The number of fused-ring (bicyclic) bond motifs is 1. The molecule has 4 rings (SSSR count). The van der Waals surface area contributed by atoms with E-state index in [9.17, 15) is 9.18 Å². The third-order valence-corrected chi connectivity index (χ3v) is 4.64. The molecule has 0 spiro atoms. The Hall–Kier alpha value is -3.05. The molecule has 0 unspecified atom stereocenters. The average Bonchev–Trinajstić information content (AvgIpc) is 3.26. The highest BCUT2D eigenvalue weighted by Crippen LogP contribution is 2.39. The van der Waals surface area contributed by atoms with Gasteiger partial charge in [-0.15, -0.1) is 0 Å². The second kappa shape index (κ2) is 6.93. The summed E-state index contributed by atoms with van der Waals surface area (Å²) in [7, 11) is 0. The highest BCUT2D eigenvalue weighted by molar-refractivity contribution is 6.31. The van der Waals surface area contributed by atoms with E-state index in [0.29, 0.717) is 33.4 Å². The molecule has 3 aromatic rings. The lowest BCUT2D eigenvalue weighted by Gasteiger charge is -2.12. The van der Waals surface area contributed by atoms with Gasteiger partial charge in [0.1, 0.15) is 29.7 Å². The molecule has 0 N–H and O–H groups in total. The number of ketones is 1. The largest absolute Gasteiger partial charge is 0.488 e. The quantitative estimate of drug-likeness (QED) is 0.551. The van der Waals surface area contributed by atoms with Gasteiger partial charge >= 0.3 is 0 Å². The second-order valence-corrected chi connectivity index (χ2v) is 6.42. The molecule has 136 valence electrons. The van der Waals surface area contributed by atoms with Crippen LogP contribution in [0.15, 0.2) is 58.9 Å². The highest BCUT2D eigenvalue weighted by atomic mass is 35.5. The lowest BCUT2D eigenvalue weighted by atomic mass is 10.1. The number of hydrogen-bond donors (Lipinski definition) is 0. The SMILES string of the molecule is Cc1c(OCc2c(F)cccc2Cl)ccc2c1O/C(=C\c1ccco1)C2=O. The van der Waals surface area contributed by atoms with Gasteiger partial charge in [0, 0.05) is 17.2 Å². The van der Waals surface area contributed by atoms with E-state index in [0.717, 1.165) is 0 Å². The summed E-state index contributed by atoms with van der Waals surface area (Å²) in [4.78, 5) is 12.5. The zero-order valence-corrected chi connectivity index (χ0v) is 15.0. The predicted octanol–water partition coefficient (Wildman–Crippen LogP) is 5.58. The molecule has 2 heterocycles. The first-order chi connectivity index (χ1) is 13.0. The smallest absolute Gasteiger partial charge is 0.232 e. The van der Waals surface area contributed by atoms with Gasteiger partial charge in [0.05, 0.1) is 16.8 Å². The maximum Gasteiger partial charge on any atom is 0.232 e. The number of ether oxygens (including phenoxy) is 2. The molecule has 0 fully saturated rings. The number of allylic oxidation sites excluding steroid dienone is 1. The van der Waals surface area contributed by atoms with Crippen LogP contribution in [0.2, 0.25) is 5.02 Å². The van der Waals surface area contributed by atoms with E-state index in [1.807, 2.05) is 0 Å². The molecule has 0 saturated heterocycles. The summed E-state index contributed by atoms with van der Waals surface area (Å²) in [6, 6.07) is 11.2. The van der Waals surface area contributed by atoms with Gasteiger partial charge in [0.2, 0.25) is 5.78 Å². The van der Waals surface area contributed by atoms with E-state index >= 15 is 0 Å². The number of carbonyl (C=O) groups excluding carboxylic acids is 1. The van der Waals surface area contributed by atoms with Gasteiger partial charge in [-0.05, 0) is 43.3 Å². The fraction of sp³-hybridized carbons (Fsp3) is 0.0952. The Balaban J connectivity index is 1.60. The van der Waals surface area contributed by atoms with Crippen molar-refractivity contribution in [2.75, 3.05) is 0 Å². The van der Waals surface area contributed by atoms with Crippen molar-refractivity contribution in [3.8, 4) is 11.5 Å². The Kier molecular flexibility index (Phi) is 4.46. The Bertz CT molecular complexity index is 1030. The van der Waals surface area contributed by atoms with Crippen LogP contribution in [0.25, 0.3) is 6.08 Å². The molecular weight excluding hydrogens is 371 g/mol. The molecule has 1 aliphatic rings. The fourth-order valence-electron chi connectivity index (χ4n) is 2.85. The van der Waals surface area contributed by atoms with Crippen LogP contribution in [0.3, 0.4) is 0 Å². The van der Waals surface area contributed by atoms with Crippen LogP contribution < -0.4 is 9.47 Å². The van der Waals surface area contributed by atoms with Crippen molar-refractivity contribution in [2.45, 2.75) is 13.5 Å². The zero-order chi connectivity index (χ0) is 19.0. The lowest BCUT2D eigenvalue weighted by Crippen LogP contribution is -2.01. The zero-order valence-electron chi connectivity index (χ0n) is 14.3. The van der Waals surface area contributed by atoms with Gasteiger partial charge < -0.3 is 13.9 Å². The van der Waals surface area contributed by atoms with Crippen LogP contribution in [0.4, 0.5) is 4.39 Å². The summed E-state index contributed by atoms with van der Waals surface area (Å²) >= 11 is 6.03. The van der Waals surface area contributed by atoms with Gasteiger partial charge in [-0.3, -0.25) is 4.79 Å². The number of benzene rings is 2. The number of carbonyl (C=O) groups is 1. The molecule has 0 saturated carbocycles. The van der Waals surface area contributed by atoms with Crippen LogP contribution >= 0.6 is 11.6 Å². The van der Waals surface area contributed by atoms with Gasteiger partial charge in [-0.1, -0.05) is 17.7 Å². The number of halogens is 2. The summed E-state index contributed by atoms with van der Waals surface area (Å²) in [5.74, 6) is 0.950. The van der Waals surface area contributed by atoms with E-state index < -0.39 is 5.82 Å². The fourth-order valence-corrected chi connectivity index (χ4v) is 3.06. The van der Waals surface area contributed by atoms with E-state index in [2.05, 4.69) is 0 Å². The third kappa shape index (κ3) is 3.22. The van der Waals surface area contributed by atoms with E-state index in [1.54, 1.807) is 43.3 Å². The van der Waals surface area contributed by atoms with Crippen LogP contribution in [-0.2, 0) is 6.61 Å². The average molecular weight is 385 g/mol. The highest BCUT2D eigenvalue weighted by Gasteiger charge is 2.30. The Morgan fingerprint density at radius 1 is 1.19 bits per heavy atom. The van der Waals surface area contributed by atoms with E-state index in [4.69, 9.17) is 25.5 Å². The molecule has 2 aromatic carbocycles. The monoisotopic (exact) mass is 384 g/mol. The molecule has 0 radical (unpaired) electrons. The Morgan fingerprint density at radius 2 is 2.04 bits per heavy atom. The Labute approximate surface area is 159 Å². The van der Waals surface area contributed by atoms with E-state index in [-0.39, 0.29) is 23.7 Å². The number of rotatable bonds is 4. The summed E-state index contributed by atoms with van der Waals surface area (Å²) in [5, 5.41) is 0.295. The van der Waals surface area contributed by atoms with Crippen molar-refractivity contribution in [1.29, 1.82) is 0 Å². The molecule has 0 aliphatic carbocycles. The first-order valence-electron chi connectivity index (χ1n) is 8.21. The number of Topliss-reactive ketones (excluding diaryl/α,β-unsaturated/α-hetero) is 1. The maximum atomic E-state index is 13.9. The maximum absolute atomic E-state index is 13.9. The van der Waals surface area contributed by atoms with Crippen molar-refractivity contribution >= 4 is 23.5 Å². The molecule has 1 aromatic heterocycles. The summed E-state index contributed by atoms with van der Waals surface area (Å²) < 4.78 is 30.6. The topological polar surface area (TPSA) is 48.7 Å². The van der Waals surface area contributed by atoms with E-state index in [1.165, 1.54) is 18.4 Å². The molecular formula is C21H14ClFO4. The normalized spacial score (nSPS) is 14.3. The predicted molar refractivity (Wildman–Crippen MR) is 98.6 cm³/mol. The number of hydrogen-bond acceptors (Lipinski definition) is 4. The van der Waals surface area contributed by atoms with Crippen LogP contribution in [-0.4, -0.2) is 5.78 Å². The molecule has 0 amide bonds. The van der Waals surface area contributed by atoms with Crippen molar-refractivity contribution in [2.24, 2.45) is 0 Å². The summed E-state index contributed by atoms with van der Waals surface area (Å²) in [6.45, 7) is 1.74. The molecule has 6 heteroatoms. The molecule has 1 aliphatic heterocycles. The minimum absolute atomic E-state index is 0.0336. The first-order valence-corrected chi connectivity index (χ1v) is 8.59. The minimum Gasteiger partial charge on any atom is -0.488 e. The van der Waals surface area contributed by atoms with Crippen molar-refractivity contribution in [1.82, 2.24) is 0 Å². The molecule has 4 nitrogen and oxygen atoms in total. The molecule has 0 atom stereocenters. The number of furan rings is 1. The summed E-state index contributed by atoms with van der Waals surface area (Å²) in [6.07, 6.45) is 3.06.